The minimum absolute atomic E-state index is 0.101. The fourth-order valence-corrected chi connectivity index (χ4v) is 2.62. The predicted octanol–water partition coefficient (Wildman–Crippen LogP) is 3.17. The van der Waals surface area contributed by atoms with Gasteiger partial charge in [0.05, 0.1) is 0 Å². The van der Waals surface area contributed by atoms with Crippen molar-refractivity contribution in [3.63, 3.8) is 0 Å². The molecule has 0 saturated carbocycles. The van der Waals surface area contributed by atoms with E-state index in [1.54, 1.807) is 0 Å². The summed E-state index contributed by atoms with van der Waals surface area (Å²) in [4.78, 5) is 2.18. The lowest BCUT2D eigenvalue weighted by molar-refractivity contribution is -0.103. The quantitative estimate of drug-likeness (QED) is 0.745. The molecule has 0 aromatic carbocycles. The Labute approximate surface area is 103 Å². The molecule has 0 radical (unpaired) electrons. The number of halogens is 2. The molecular weight excluding hydrogens is 224 g/mol. The first kappa shape index (κ1) is 14.8. The summed E-state index contributed by atoms with van der Waals surface area (Å²) in [5, 5.41) is 0. The minimum Gasteiger partial charge on any atom is -0.371 e. The lowest BCUT2D eigenvalue weighted by Crippen LogP contribution is -2.56. The van der Waals surface area contributed by atoms with E-state index in [9.17, 15) is 8.78 Å². The van der Waals surface area contributed by atoms with E-state index in [0.717, 1.165) is 13.0 Å². The van der Waals surface area contributed by atoms with Crippen LogP contribution in [0.3, 0.4) is 0 Å². The van der Waals surface area contributed by atoms with Gasteiger partial charge >= 0.3 is 0 Å². The van der Waals surface area contributed by atoms with Crippen LogP contribution in [-0.2, 0) is 4.74 Å². The van der Waals surface area contributed by atoms with Crippen LogP contribution in [0, 0.1) is 5.92 Å². The fourth-order valence-electron chi connectivity index (χ4n) is 2.62. The average Bonchev–Trinajstić information content (AvgIpc) is 2.37. The molecule has 2 nitrogen and oxygen atoms in total. The molecule has 2 atom stereocenters. The predicted molar refractivity (Wildman–Crippen MR) is 65.4 cm³/mol. The maximum absolute atomic E-state index is 13.1. The standard InChI is InChI=1S/C13H25F2NO/c1-9(2)10-11(12(14)15)17-8-6-7-16(10)13(3,4)5/h9-12H,6-8H2,1-5H3. The summed E-state index contributed by atoms with van der Waals surface area (Å²) in [5.41, 5.74) is -0.101. The molecule has 1 aliphatic heterocycles. The summed E-state index contributed by atoms with van der Waals surface area (Å²) in [6, 6.07) is -0.211. The van der Waals surface area contributed by atoms with Gasteiger partial charge < -0.3 is 4.74 Å². The van der Waals surface area contributed by atoms with E-state index in [1.807, 2.05) is 13.8 Å². The third kappa shape index (κ3) is 3.62. The molecule has 102 valence electrons. The van der Waals surface area contributed by atoms with Crippen LogP contribution in [0.5, 0.6) is 0 Å². The molecule has 4 heteroatoms. The summed E-state index contributed by atoms with van der Waals surface area (Å²) in [5.74, 6) is 0.159. The van der Waals surface area contributed by atoms with E-state index in [4.69, 9.17) is 4.74 Å². The van der Waals surface area contributed by atoms with Crippen LogP contribution in [0.15, 0.2) is 0 Å². The second-order valence-electron chi connectivity index (χ2n) is 6.12. The van der Waals surface area contributed by atoms with Crippen molar-refractivity contribution >= 4 is 0 Å². The number of rotatable bonds is 2. The molecule has 1 rings (SSSR count). The topological polar surface area (TPSA) is 12.5 Å². The van der Waals surface area contributed by atoms with Gasteiger partial charge in [0, 0.05) is 24.7 Å². The first-order valence-corrected chi connectivity index (χ1v) is 6.41. The lowest BCUT2D eigenvalue weighted by atomic mass is 9.92. The van der Waals surface area contributed by atoms with Crippen molar-refractivity contribution in [3.8, 4) is 0 Å². The van der Waals surface area contributed by atoms with Crippen LogP contribution < -0.4 is 0 Å². The third-order valence-electron chi connectivity index (χ3n) is 3.34. The van der Waals surface area contributed by atoms with Crippen LogP contribution in [0.4, 0.5) is 8.78 Å². The summed E-state index contributed by atoms with van der Waals surface area (Å²) < 4.78 is 31.6. The van der Waals surface area contributed by atoms with E-state index in [1.165, 1.54) is 0 Å². The molecule has 1 heterocycles. The second-order valence-corrected chi connectivity index (χ2v) is 6.12. The lowest BCUT2D eigenvalue weighted by Gasteiger charge is -2.44. The SMILES string of the molecule is CC(C)C1C(C(F)F)OCCCN1C(C)(C)C. The van der Waals surface area contributed by atoms with Crippen molar-refractivity contribution in [3.05, 3.63) is 0 Å². The number of hydrogen-bond donors (Lipinski definition) is 0. The smallest absolute Gasteiger partial charge is 0.265 e. The van der Waals surface area contributed by atoms with Gasteiger partial charge in [-0.15, -0.1) is 0 Å². The zero-order valence-electron chi connectivity index (χ0n) is 11.5. The highest BCUT2D eigenvalue weighted by Gasteiger charge is 2.42. The van der Waals surface area contributed by atoms with Crippen molar-refractivity contribution in [2.24, 2.45) is 5.92 Å². The first-order valence-electron chi connectivity index (χ1n) is 6.41. The highest BCUT2D eigenvalue weighted by Crippen LogP contribution is 2.30. The highest BCUT2D eigenvalue weighted by atomic mass is 19.3. The van der Waals surface area contributed by atoms with Gasteiger partial charge in [-0.1, -0.05) is 13.8 Å². The van der Waals surface area contributed by atoms with Gasteiger partial charge in [0.2, 0.25) is 0 Å². The largest absolute Gasteiger partial charge is 0.371 e. The van der Waals surface area contributed by atoms with Crippen molar-refractivity contribution in [1.82, 2.24) is 4.90 Å². The Bertz CT molecular complexity index is 238. The molecule has 1 aliphatic rings. The van der Waals surface area contributed by atoms with Crippen molar-refractivity contribution in [2.75, 3.05) is 13.2 Å². The maximum Gasteiger partial charge on any atom is 0.265 e. The second kappa shape index (κ2) is 5.61. The van der Waals surface area contributed by atoms with Crippen molar-refractivity contribution in [2.45, 2.75) is 65.1 Å². The zero-order valence-corrected chi connectivity index (χ0v) is 11.5. The van der Waals surface area contributed by atoms with Crippen LogP contribution >= 0.6 is 0 Å². The maximum atomic E-state index is 13.1. The Balaban J connectivity index is 3.00. The summed E-state index contributed by atoms with van der Waals surface area (Å²) >= 11 is 0. The Morgan fingerprint density at radius 2 is 1.82 bits per heavy atom. The van der Waals surface area contributed by atoms with Crippen molar-refractivity contribution in [1.29, 1.82) is 0 Å². The summed E-state index contributed by atoms with van der Waals surface area (Å²) in [6.07, 6.45) is -2.55. The van der Waals surface area contributed by atoms with E-state index in [-0.39, 0.29) is 17.5 Å². The highest BCUT2D eigenvalue weighted by molar-refractivity contribution is 4.92. The molecule has 0 aliphatic carbocycles. The van der Waals surface area contributed by atoms with E-state index < -0.39 is 12.5 Å². The molecule has 2 unspecified atom stereocenters. The average molecular weight is 249 g/mol. The Hall–Kier alpha value is -0.220. The van der Waals surface area contributed by atoms with Gasteiger partial charge in [-0.25, -0.2) is 8.78 Å². The molecule has 0 aromatic heterocycles. The molecule has 0 aromatic rings. The Kier molecular flexibility index (Phi) is 4.90. The third-order valence-corrected chi connectivity index (χ3v) is 3.34. The van der Waals surface area contributed by atoms with Crippen molar-refractivity contribution < 1.29 is 13.5 Å². The number of nitrogens with zero attached hydrogens (tertiary/aromatic N) is 1. The summed E-state index contributed by atoms with van der Waals surface area (Å²) in [6.45, 7) is 11.5. The number of alkyl halides is 2. The molecule has 1 fully saturated rings. The normalized spacial score (nSPS) is 28.8. The van der Waals surface area contributed by atoms with E-state index >= 15 is 0 Å². The molecule has 1 saturated heterocycles. The molecular formula is C13H25F2NO. The molecule has 17 heavy (non-hydrogen) atoms. The molecule has 0 spiro atoms. The van der Waals surface area contributed by atoms with Crippen LogP contribution in [-0.4, -0.2) is 42.2 Å². The van der Waals surface area contributed by atoms with Gasteiger partial charge in [-0.3, -0.25) is 4.90 Å². The van der Waals surface area contributed by atoms with Gasteiger partial charge in [0.15, 0.2) is 0 Å². The summed E-state index contributed by atoms with van der Waals surface area (Å²) in [7, 11) is 0. The fraction of sp³-hybridized carbons (Fsp3) is 1.00. The van der Waals surface area contributed by atoms with Gasteiger partial charge in [-0.05, 0) is 33.1 Å². The van der Waals surface area contributed by atoms with Crippen LogP contribution in [0.1, 0.15) is 41.0 Å². The first-order chi connectivity index (χ1) is 7.75. The Morgan fingerprint density at radius 3 is 2.24 bits per heavy atom. The van der Waals surface area contributed by atoms with Gasteiger partial charge in [0.1, 0.15) is 6.10 Å². The zero-order chi connectivity index (χ0) is 13.2. The minimum atomic E-state index is -2.41. The Morgan fingerprint density at radius 1 is 1.24 bits per heavy atom. The molecule has 0 amide bonds. The van der Waals surface area contributed by atoms with Gasteiger partial charge in [-0.2, -0.15) is 0 Å². The monoisotopic (exact) mass is 249 g/mol. The number of ether oxygens (including phenoxy) is 1. The molecule has 0 bridgehead atoms. The van der Waals surface area contributed by atoms with Crippen LogP contribution in [0.2, 0.25) is 0 Å². The van der Waals surface area contributed by atoms with E-state index in [2.05, 4.69) is 25.7 Å². The van der Waals surface area contributed by atoms with E-state index in [0.29, 0.717) is 6.61 Å². The van der Waals surface area contributed by atoms with Crippen LogP contribution in [0.25, 0.3) is 0 Å². The number of hydrogen-bond acceptors (Lipinski definition) is 2. The molecule has 0 N–H and O–H groups in total. The van der Waals surface area contributed by atoms with Gasteiger partial charge in [0.25, 0.3) is 6.43 Å².